The predicted octanol–water partition coefficient (Wildman–Crippen LogP) is 3.86. The van der Waals surface area contributed by atoms with E-state index in [4.69, 9.17) is 4.74 Å². The van der Waals surface area contributed by atoms with Crippen LogP contribution in [0.3, 0.4) is 0 Å². The van der Waals surface area contributed by atoms with Crippen molar-refractivity contribution >= 4 is 16.8 Å². The van der Waals surface area contributed by atoms with Crippen LogP contribution >= 0.6 is 0 Å². The Morgan fingerprint density at radius 2 is 1.73 bits per heavy atom. The highest BCUT2D eigenvalue weighted by Gasteiger charge is 2.23. The van der Waals surface area contributed by atoms with Crippen LogP contribution in [0.4, 0.5) is 0 Å². The summed E-state index contributed by atoms with van der Waals surface area (Å²) in [7, 11) is 1.69. The van der Waals surface area contributed by atoms with Gasteiger partial charge >= 0.3 is 0 Å². The van der Waals surface area contributed by atoms with Gasteiger partial charge in [-0.2, -0.15) is 0 Å². The molecule has 3 aromatic rings. The molecule has 0 saturated carbocycles. The lowest BCUT2D eigenvalue weighted by Gasteiger charge is -2.35. The number of carbonyl (C=O) groups is 1. The molecular formula is C25H29N3O2. The topological polar surface area (TPSA) is 45.7 Å². The highest BCUT2D eigenvalue weighted by molar-refractivity contribution is 6.06. The molecule has 0 spiro atoms. The van der Waals surface area contributed by atoms with Crippen molar-refractivity contribution in [3.8, 4) is 5.75 Å². The van der Waals surface area contributed by atoms with E-state index in [9.17, 15) is 4.79 Å². The molecule has 1 fully saturated rings. The molecule has 0 aliphatic carbocycles. The summed E-state index contributed by atoms with van der Waals surface area (Å²) in [4.78, 5) is 22.3. The Bertz CT molecular complexity index is 1040. The van der Waals surface area contributed by atoms with Crippen LogP contribution < -0.4 is 4.74 Å². The van der Waals surface area contributed by atoms with E-state index < -0.39 is 0 Å². The van der Waals surface area contributed by atoms with Crippen LogP contribution in [0.1, 0.15) is 27.2 Å². The standard InChI is InChI=1S/C25H29N3O2/c1-18-4-9-24-22(16-18)23(17-19(2)26-24)25(29)28-14-12-27(13-15-28)11-10-20-5-7-21(30-3)8-6-20/h4-9,16-17H,10-15H2,1-3H3. The Hall–Kier alpha value is -2.92. The summed E-state index contributed by atoms with van der Waals surface area (Å²) in [6.07, 6.45) is 1.01. The van der Waals surface area contributed by atoms with Gasteiger partial charge in [-0.1, -0.05) is 23.8 Å². The fourth-order valence-corrected chi connectivity index (χ4v) is 4.07. The summed E-state index contributed by atoms with van der Waals surface area (Å²) in [5.74, 6) is 1.01. The zero-order chi connectivity index (χ0) is 21.1. The Morgan fingerprint density at radius 3 is 2.43 bits per heavy atom. The molecule has 1 aliphatic heterocycles. The first-order valence-corrected chi connectivity index (χ1v) is 10.6. The molecule has 0 unspecified atom stereocenters. The van der Waals surface area contributed by atoms with E-state index in [-0.39, 0.29) is 5.91 Å². The molecule has 0 N–H and O–H groups in total. The highest BCUT2D eigenvalue weighted by atomic mass is 16.5. The maximum atomic E-state index is 13.3. The Labute approximate surface area is 178 Å². The van der Waals surface area contributed by atoms with Crippen molar-refractivity contribution in [3.63, 3.8) is 0 Å². The van der Waals surface area contributed by atoms with E-state index in [1.807, 2.05) is 42.2 Å². The molecule has 2 aromatic carbocycles. The maximum Gasteiger partial charge on any atom is 0.254 e. The monoisotopic (exact) mass is 403 g/mol. The average molecular weight is 404 g/mol. The van der Waals surface area contributed by atoms with Gasteiger partial charge in [0.25, 0.3) is 5.91 Å². The average Bonchev–Trinajstić information content (AvgIpc) is 2.77. The number of nitrogens with zero attached hydrogens (tertiary/aromatic N) is 3. The number of carbonyl (C=O) groups excluding carboxylic acids is 1. The quantitative estimate of drug-likeness (QED) is 0.649. The van der Waals surface area contributed by atoms with Crippen molar-refractivity contribution in [1.29, 1.82) is 0 Å². The summed E-state index contributed by atoms with van der Waals surface area (Å²) in [5.41, 5.74) is 5.00. The molecule has 1 saturated heterocycles. The van der Waals surface area contributed by atoms with Gasteiger partial charge < -0.3 is 9.64 Å². The van der Waals surface area contributed by atoms with Gasteiger partial charge in [0.1, 0.15) is 5.75 Å². The minimum absolute atomic E-state index is 0.117. The summed E-state index contributed by atoms with van der Waals surface area (Å²) in [6.45, 7) is 8.34. The third kappa shape index (κ3) is 4.46. The predicted molar refractivity (Wildman–Crippen MR) is 120 cm³/mol. The second kappa shape index (κ2) is 8.84. The van der Waals surface area contributed by atoms with Gasteiger partial charge in [-0.05, 0) is 56.2 Å². The van der Waals surface area contributed by atoms with Gasteiger partial charge in [0.05, 0.1) is 18.2 Å². The van der Waals surface area contributed by atoms with Crippen LogP contribution in [-0.2, 0) is 6.42 Å². The molecule has 0 radical (unpaired) electrons. The van der Waals surface area contributed by atoms with Gasteiger partial charge in [0, 0.05) is 43.8 Å². The van der Waals surface area contributed by atoms with Crippen molar-refractivity contribution in [2.45, 2.75) is 20.3 Å². The van der Waals surface area contributed by atoms with Gasteiger partial charge in [-0.25, -0.2) is 0 Å². The molecule has 4 rings (SSSR count). The first-order valence-electron chi connectivity index (χ1n) is 10.6. The number of aromatic nitrogens is 1. The maximum absolute atomic E-state index is 13.3. The number of aryl methyl sites for hydroxylation is 2. The molecule has 0 bridgehead atoms. The van der Waals surface area contributed by atoms with Crippen LogP contribution in [0, 0.1) is 13.8 Å². The fraction of sp³-hybridized carbons (Fsp3) is 0.360. The van der Waals surface area contributed by atoms with E-state index in [1.165, 1.54) is 5.56 Å². The molecule has 30 heavy (non-hydrogen) atoms. The molecule has 2 heterocycles. The number of benzene rings is 2. The summed E-state index contributed by atoms with van der Waals surface area (Å²) < 4.78 is 5.22. The third-order valence-electron chi connectivity index (χ3n) is 5.86. The van der Waals surface area contributed by atoms with Crippen LogP contribution in [0.5, 0.6) is 5.75 Å². The van der Waals surface area contributed by atoms with Crippen molar-refractivity contribution in [2.24, 2.45) is 0 Å². The lowest BCUT2D eigenvalue weighted by atomic mass is 10.0. The molecule has 0 atom stereocenters. The van der Waals surface area contributed by atoms with E-state index in [0.29, 0.717) is 0 Å². The minimum Gasteiger partial charge on any atom is -0.497 e. The number of ether oxygens (including phenoxy) is 1. The molecule has 5 nitrogen and oxygen atoms in total. The molecule has 1 amide bonds. The Kier molecular flexibility index (Phi) is 6.00. The first kappa shape index (κ1) is 20.4. The molecular weight excluding hydrogens is 374 g/mol. The number of methoxy groups -OCH3 is 1. The van der Waals surface area contributed by atoms with Crippen LogP contribution in [0.15, 0.2) is 48.5 Å². The van der Waals surface area contributed by atoms with Crippen LogP contribution in [0.2, 0.25) is 0 Å². The Morgan fingerprint density at radius 1 is 1.00 bits per heavy atom. The number of piperazine rings is 1. The normalized spacial score (nSPS) is 14.8. The molecule has 1 aliphatic rings. The smallest absolute Gasteiger partial charge is 0.254 e. The number of amides is 1. The van der Waals surface area contributed by atoms with Crippen molar-refractivity contribution in [3.05, 3.63) is 70.9 Å². The van der Waals surface area contributed by atoms with Crippen molar-refractivity contribution < 1.29 is 9.53 Å². The number of hydrogen-bond acceptors (Lipinski definition) is 4. The molecule has 156 valence electrons. The SMILES string of the molecule is COc1ccc(CCN2CCN(C(=O)c3cc(C)nc4ccc(C)cc34)CC2)cc1. The second-order valence-corrected chi connectivity index (χ2v) is 8.06. The van der Waals surface area contributed by atoms with Gasteiger partial charge in [-0.15, -0.1) is 0 Å². The summed E-state index contributed by atoms with van der Waals surface area (Å²) >= 11 is 0. The minimum atomic E-state index is 0.117. The van der Waals surface area contributed by atoms with E-state index >= 15 is 0 Å². The van der Waals surface area contributed by atoms with Gasteiger partial charge in [0.15, 0.2) is 0 Å². The van der Waals surface area contributed by atoms with Gasteiger partial charge in [-0.3, -0.25) is 14.7 Å². The molecule has 1 aromatic heterocycles. The van der Waals surface area contributed by atoms with Crippen LogP contribution in [0.25, 0.3) is 10.9 Å². The van der Waals surface area contributed by atoms with Gasteiger partial charge in [0.2, 0.25) is 0 Å². The number of hydrogen-bond donors (Lipinski definition) is 0. The third-order valence-corrected chi connectivity index (χ3v) is 5.86. The number of pyridine rings is 1. The number of rotatable bonds is 5. The highest BCUT2D eigenvalue weighted by Crippen LogP contribution is 2.22. The lowest BCUT2D eigenvalue weighted by molar-refractivity contribution is 0.0640. The van der Waals surface area contributed by atoms with E-state index in [1.54, 1.807) is 7.11 Å². The van der Waals surface area contributed by atoms with E-state index in [0.717, 1.165) is 72.6 Å². The van der Waals surface area contributed by atoms with Crippen molar-refractivity contribution in [1.82, 2.24) is 14.8 Å². The number of fused-ring (bicyclic) bond motifs is 1. The second-order valence-electron chi connectivity index (χ2n) is 8.06. The lowest BCUT2D eigenvalue weighted by Crippen LogP contribution is -2.49. The fourth-order valence-electron chi connectivity index (χ4n) is 4.07. The first-order chi connectivity index (χ1) is 14.5. The summed E-state index contributed by atoms with van der Waals surface area (Å²) in [6, 6.07) is 16.3. The molecule has 5 heteroatoms. The van der Waals surface area contributed by atoms with E-state index in [2.05, 4.69) is 35.0 Å². The Balaban J connectivity index is 1.38. The summed E-state index contributed by atoms with van der Waals surface area (Å²) in [5, 5.41) is 0.951. The van der Waals surface area contributed by atoms with Crippen molar-refractivity contribution in [2.75, 3.05) is 39.8 Å². The largest absolute Gasteiger partial charge is 0.497 e. The zero-order valence-electron chi connectivity index (χ0n) is 18.0. The zero-order valence-corrected chi connectivity index (χ0v) is 18.0. The van der Waals surface area contributed by atoms with Crippen LogP contribution in [-0.4, -0.2) is 60.5 Å².